The molecule has 43 nitrogen and oxygen atoms in total. The van der Waals surface area contributed by atoms with Gasteiger partial charge in [-0.2, -0.15) is 0 Å². The van der Waals surface area contributed by atoms with Gasteiger partial charge in [-0.05, 0) is 86.3 Å². The molecule has 0 saturated carbocycles. The van der Waals surface area contributed by atoms with E-state index in [1.165, 1.54) is 17.4 Å². The lowest BCUT2D eigenvalue weighted by atomic mass is 9.84. The number of nitrogens with zero attached hydrogens (tertiary/aromatic N) is 3. The number of unbranched alkanes of at least 4 members (excludes halogenated alkanes) is 1. The fraction of sp³-hybridized carbons (Fsp3) is 0.670. The summed E-state index contributed by atoms with van der Waals surface area (Å²) in [7, 11) is 3.78. The maximum Gasteiger partial charge on any atom is 0.303 e. The van der Waals surface area contributed by atoms with Crippen LogP contribution in [0, 0.1) is 11.8 Å². The van der Waals surface area contributed by atoms with Crippen LogP contribution in [0.4, 0.5) is 0 Å². The predicted molar refractivity (Wildman–Crippen MR) is 526 cm³/mol. The van der Waals surface area contributed by atoms with Gasteiger partial charge in [-0.1, -0.05) is 147 Å². The number of aromatic amines is 1. The van der Waals surface area contributed by atoms with Crippen molar-refractivity contribution in [2.45, 2.75) is 209 Å². The van der Waals surface area contributed by atoms with Crippen LogP contribution in [0.1, 0.15) is 133 Å². The number of rotatable bonds is 67. The van der Waals surface area contributed by atoms with Crippen LogP contribution < -0.4 is 58.9 Å². The van der Waals surface area contributed by atoms with Crippen LogP contribution in [0.2, 0.25) is 0 Å². The largest absolute Gasteiger partial charge is 0.481 e. The van der Waals surface area contributed by atoms with Gasteiger partial charge in [-0.25, -0.2) is 4.98 Å². The van der Waals surface area contributed by atoms with Gasteiger partial charge in [0.05, 0.1) is 195 Å². The van der Waals surface area contributed by atoms with Gasteiger partial charge in [0.15, 0.2) is 0 Å². The molecule has 18 N–H and O–H groups in total. The third-order valence-electron chi connectivity index (χ3n) is 23.6. The van der Waals surface area contributed by atoms with E-state index < -0.39 is 169 Å². The van der Waals surface area contributed by atoms with Crippen LogP contribution >= 0.6 is 21.6 Å². The number of imidazole rings is 1. The highest BCUT2D eigenvalue weighted by molar-refractivity contribution is 8.76. The number of methoxy groups -OCH3 is 1. The number of ether oxygens (including phenoxy) is 12. The van der Waals surface area contributed by atoms with E-state index in [9.17, 15) is 63.9 Å². The minimum atomic E-state index is -1.73. The Balaban J connectivity index is 0.938. The number of hydrogen-bond acceptors (Lipinski definition) is 33. The smallest absolute Gasteiger partial charge is 0.303 e. The van der Waals surface area contributed by atoms with Gasteiger partial charge >= 0.3 is 5.97 Å². The molecule has 0 bridgehead atoms. The molecule has 1 aromatic heterocycles. The van der Waals surface area contributed by atoms with Gasteiger partial charge < -0.3 is 145 Å². The van der Waals surface area contributed by atoms with Crippen molar-refractivity contribution in [3.8, 4) is 0 Å². The minimum absolute atomic E-state index is 0.0172. The maximum absolute atomic E-state index is 16.2. The Morgan fingerprint density at radius 3 is 1.65 bits per heavy atom. The summed E-state index contributed by atoms with van der Waals surface area (Å²) in [5.74, 6) is -10.3. The minimum Gasteiger partial charge on any atom is -0.481 e. The second kappa shape index (κ2) is 70.7. The highest BCUT2D eigenvalue weighted by atomic mass is 33.1. The molecule has 3 aliphatic rings. The van der Waals surface area contributed by atoms with Crippen molar-refractivity contribution in [3.63, 3.8) is 0 Å². The Morgan fingerprint density at radius 2 is 1.13 bits per heavy atom. The van der Waals surface area contributed by atoms with Crippen LogP contribution in [-0.4, -0.2) is 392 Å². The molecule has 0 radical (unpaired) electrons. The number of aliphatic hydroxyl groups is 4. The summed E-state index contributed by atoms with van der Waals surface area (Å²) in [6, 6.07) is 13.5. The van der Waals surface area contributed by atoms with E-state index in [1.807, 2.05) is 26.0 Å². The van der Waals surface area contributed by atoms with Crippen molar-refractivity contribution in [2.75, 3.05) is 197 Å². The molecule has 15 atom stereocenters. The molecule has 0 spiro atoms. The number of aliphatic carboxylic acids is 1. The summed E-state index contributed by atoms with van der Waals surface area (Å²) in [6.07, 6.45) is -2.87. The molecule has 3 aliphatic heterocycles. The lowest BCUT2D eigenvalue weighted by Gasteiger charge is -2.37. The Hall–Kier alpha value is -9.02. The fourth-order valence-corrected chi connectivity index (χ4v) is 18.3. The summed E-state index contributed by atoms with van der Waals surface area (Å²) in [5.41, 5.74) is 8.43. The quantitative estimate of drug-likeness (QED) is 0.0158. The summed E-state index contributed by atoms with van der Waals surface area (Å²) in [4.78, 5) is 168. The lowest BCUT2D eigenvalue weighted by Crippen LogP contribution is -2.62. The zero-order valence-electron chi connectivity index (χ0n) is 82.4. The van der Waals surface area contributed by atoms with Crippen LogP contribution in [0.15, 0.2) is 104 Å². The number of carboxylic acids is 1. The molecule has 45 heteroatoms. The molecule has 10 amide bonds. The summed E-state index contributed by atoms with van der Waals surface area (Å²) in [6.45, 7) is 16.2. The molecule has 0 aliphatic carbocycles. The van der Waals surface area contributed by atoms with Crippen LogP contribution in [0.25, 0.3) is 0 Å². The average molecular weight is 2040 g/mol. The van der Waals surface area contributed by atoms with Crippen molar-refractivity contribution < 1.29 is 135 Å². The number of aliphatic hydroxyl groups excluding tert-OH is 4. The summed E-state index contributed by atoms with van der Waals surface area (Å²) >= 11 is 0. The van der Waals surface area contributed by atoms with Crippen LogP contribution in [-0.2, 0) is 122 Å². The van der Waals surface area contributed by atoms with E-state index in [0.717, 1.165) is 32.1 Å². The number of carbonyl (C=O) groups excluding carboxylic acids is 10. The number of nitrogens with one attached hydrogen (secondary N) is 11. The lowest BCUT2D eigenvalue weighted by molar-refractivity contribution is -0.145. The molecular weight excluding hydrogens is 1890 g/mol. The number of likely N-dealkylation sites (tertiary alicyclic amines) is 2. The third-order valence-corrected chi connectivity index (χ3v) is 26.0. The Bertz CT molecular complexity index is 4200. The molecule has 3 saturated heterocycles. The molecule has 142 heavy (non-hydrogen) atoms. The number of carboxylic acid groups (broad SMARTS) is 1. The Labute approximate surface area is 839 Å². The number of H-pyrrole nitrogens is 1. The summed E-state index contributed by atoms with van der Waals surface area (Å²) in [5, 5.41) is 84.6. The van der Waals surface area contributed by atoms with Gasteiger partial charge in [0.2, 0.25) is 59.1 Å². The van der Waals surface area contributed by atoms with Crippen LogP contribution in [0.3, 0.4) is 0 Å². The standard InChI is InChI=1S/C97H153N15O28S2/c1-6-67(4)86-94(125)101-62-83(117)103-71(58-68-19-10-7-11-20-68)60-82(116)104-73(25-16-17-31-100-80(114)30-34-130-37-38-132-41-42-134-45-46-136-49-50-138-53-54-140-56-55-139-52-51-137-48-47-135-44-43-133-40-39-131-36-35-129-5)90(121)107-76(89(98)120)63-141-142-64-77(92(123)109-86)108-93(124)78-26-18-32-111(78)97(128)87(85(69-21-12-8-13-22-69)70-23-14-9-15-24-70)110-91(122)75(59-72-61-99-65-102-72)106-95(126)88-79(113)29-33-112(88)96(127)74(27-28-84(118)119)105-81(115)57-66(2)3/h7-15,19-24,61,65-67,71,73-79,81,85-89,93,105,108,113,115,120,124H,6,16-18,25-60,62-64,98H2,1-5H3,(H,99,102)(H,100,114)(H,101,125)(H,103,117)(H,104,116)(H,106,126)(H,107,121)(H,109,123)(H,110,122)(H,118,119)/t67-,71-,73+,74-,75-,76-,77-,78-,79+,81?,86-,87-,88-,89?,93?/m0/s1. The van der Waals surface area contributed by atoms with E-state index >= 15 is 14.4 Å². The van der Waals surface area contributed by atoms with Gasteiger partial charge in [-0.3, -0.25) is 63.4 Å². The first-order valence-corrected chi connectivity index (χ1v) is 51.6. The molecular formula is C97H153N15O28S2. The predicted octanol–water partition coefficient (Wildman–Crippen LogP) is 0.0828. The van der Waals surface area contributed by atoms with Crippen molar-refractivity contribution >= 4 is 86.6 Å². The fourth-order valence-electron chi connectivity index (χ4n) is 15.9. The van der Waals surface area contributed by atoms with E-state index in [1.54, 1.807) is 99.8 Å². The van der Waals surface area contributed by atoms with Crippen molar-refractivity contribution in [1.82, 2.24) is 72.9 Å². The molecule has 3 aromatic carbocycles. The van der Waals surface area contributed by atoms with E-state index in [2.05, 4.69) is 63.1 Å². The van der Waals surface area contributed by atoms with Gasteiger partial charge in [0.25, 0.3) is 0 Å². The number of benzene rings is 3. The van der Waals surface area contributed by atoms with Crippen molar-refractivity contribution in [1.29, 1.82) is 0 Å². The number of aromatic nitrogens is 2. The Kier molecular flexibility index (Phi) is 59.7. The topological polar surface area (TPSA) is 581 Å². The first-order chi connectivity index (χ1) is 68.7. The SMILES string of the molecule is CC[C@H](C)[C@@H]1NC(=O)[C@@H](NC(O)[C@@H]2CCCN2C(=O)[C@@H](NC(=O)[C@H](Cc2cnc[nH]2)NC(=O)[C@@H]2[C@H](O)CCN2C(=O)[C@H](CCC(=O)O)NC(O)CC(C)C)C(c2ccccc2)c2ccccc2)CSSC[C@@H](C(N)O)NC(=O)[C@@H](CCCCNC(=O)CCOCCOCCOCCOCCOCCOCCOCCOCCOCCOCCOCCOC)NC(=O)C[C@H](Cc2ccccc2)NC(=O)CNC1=O. The van der Waals surface area contributed by atoms with Gasteiger partial charge in [-0.15, -0.1) is 0 Å². The molecule has 4 aromatic rings. The summed E-state index contributed by atoms with van der Waals surface area (Å²) < 4.78 is 65.7. The number of nitrogens with two attached hydrogens (primary N) is 1. The van der Waals surface area contributed by atoms with Gasteiger partial charge in [0.1, 0.15) is 48.9 Å². The first-order valence-electron chi connectivity index (χ1n) is 49.1. The Morgan fingerprint density at radius 1 is 0.592 bits per heavy atom. The zero-order chi connectivity index (χ0) is 102. The molecule has 7 rings (SSSR count). The second-order valence-corrected chi connectivity index (χ2v) is 37.6. The number of amides is 10. The number of carbonyl (C=O) groups is 11. The van der Waals surface area contributed by atoms with Crippen molar-refractivity contribution in [2.24, 2.45) is 17.6 Å². The van der Waals surface area contributed by atoms with Gasteiger partial charge in [0, 0.05) is 87.8 Å². The normalized spacial score (nSPS) is 20.3. The van der Waals surface area contributed by atoms with E-state index in [0.29, 0.717) is 175 Å². The van der Waals surface area contributed by atoms with Crippen molar-refractivity contribution in [3.05, 3.63) is 126 Å². The molecule has 796 valence electrons. The van der Waals surface area contributed by atoms with E-state index in [-0.39, 0.29) is 121 Å². The third kappa shape index (κ3) is 47.0. The zero-order valence-corrected chi connectivity index (χ0v) is 84.0. The molecule has 3 fully saturated rings. The highest BCUT2D eigenvalue weighted by Gasteiger charge is 2.47. The first kappa shape index (κ1) is 120. The number of hydrogen-bond donors (Lipinski definition) is 17. The highest BCUT2D eigenvalue weighted by Crippen LogP contribution is 2.33. The molecule has 3 unspecified atom stereocenters. The molecule has 4 heterocycles. The monoisotopic (exact) mass is 2040 g/mol. The second-order valence-electron chi connectivity index (χ2n) is 35.0. The van der Waals surface area contributed by atoms with Crippen LogP contribution in [0.5, 0.6) is 0 Å². The van der Waals surface area contributed by atoms with E-state index in [4.69, 9.17) is 62.6 Å². The maximum atomic E-state index is 16.2. The average Bonchev–Trinajstić information content (AvgIpc) is 1.46.